The zero-order valence-electron chi connectivity index (χ0n) is 8.94. The predicted octanol–water partition coefficient (Wildman–Crippen LogP) is 3.75. The van der Waals surface area contributed by atoms with E-state index in [0.717, 1.165) is 0 Å². The zero-order valence-corrected chi connectivity index (χ0v) is 9.75. The molecular formula is C12H15NOS. The molecule has 0 fully saturated rings. The highest BCUT2D eigenvalue weighted by Crippen LogP contribution is 2.22. The van der Waals surface area contributed by atoms with E-state index in [9.17, 15) is 0 Å². The SMILES string of the molecule is CC(N[C@@H](C)c1cccs1)c1ccoc1. The van der Waals surface area contributed by atoms with E-state index in [-0.39, 0.29) is 0 Å². The van der Waals surface area contributed by atoms with Crippen LogP contribution in [0.3, 0.4) is 0 Å². The van der Waals surface area contributed by atoms with E-state index in [1.165, 1.54) is 10.4 Å². The summed E-state index contributed by atoms with van der Waals surface area (Å²) in [6.07, 6.45) is 3.50. The molecule has 0 saturated heterocycles. The maximum Gasteiger partial charge on any atom is 0.0950 e. The fraction of sp³-hybridized carbons (Fsp3) is 0.333. The molecule has 0 aliphatic heterocycles. The highest BCUT2D eigenvalue weighted by Gasteiger charge is 2.12. The summed E-state index contributed by atoms with van der Waals surface area (Å²) in [5, 5.41) is 5.64. The molecule has 0 amide bonds. The van der Waals surface area contributed by atoms with Gasteiger partial charge in [-0.15, -0.1) is 11.3 Å². The molecule has 0 bridgehead atoms. The molecular weight excluding hydrogens is 206 g/mol. The molecule has 0 spiro atoms. The van der Waals surface area contributed by atoms with E-state index >= 15 is 0 Å². The van der Waals surface area contributed by atoms with Gasteiger partial charge in [-0.25, -0.2) is 0 Å². The van der Waals surface area contributed by atoms with Gasteiger partial charge in [0.05, 0.1) is 12.5 Å². The van der Waals surface area contributed by atoms with Crippen molar-refractivity contribution in [2.45, 2.75) is 25.9 Å². The van der Waals surface area contributed by atoms with E-state index < -0.39 is 0 Å². The number of rotatable bonds is 4. The van der Waals surface area contributed by atoms with Crippen molar-refractivity contribution in [3.8, 4) is 0 Å². The Balaban J connectivity index is 1.98. The molecule has 15 heavy (non-hydrogen) atoms. The standard InChI is InChI=1S/C12H15NOS/c1-9(11-5-6-14-8-11)13-10(2)12-4-3-7-15-12/h3-10,13H,1-2H3/t9?,10-/m0/s1. The van der Waals surface area contributed by atoms with Gasteiger partial charge in [0.1, 0.15) is 0 Å². The summed E-state index contributed by atoms with van der Waals surface area (Å²) in [6.45, 7) is 4.33. The maximum atomic E-state index is 5.07. The average molecular weight is 221 g/mol. The van der Waals surface area contributed by atoms with Crippen LogP contribution in [-0.4, -0.2) is 0 Å². The van der Waals surface area contributed by atoms with Gasteiger partial charge in [0, 0.05) is 22.5 Å². The minimum atomic E-state index is 0.320. The smallest absolute Gasteiger partial charge is 0.0950 e. The van der Waals surface area contributed by atoms with Crippen LogP contribution in [0.2, 0.25) is 0 Å². The Bertz CT molecular complexity index is 341. The summed E-state index contributed by atoms with van der Waals surface area (Å²) in [5.41, 5.74) is 1.19. The van der Waals surface area contributed by atoms with E-state index in [4.69, 9.17) is 4.42 Å². The van der Waals surface area contributed by atoms with E-state index in [1.54, 1.807) is 23.9 Å². The molecule has 0 aliphatic rings. The van der Waals surface area contributed by atoms with Crippen molar-refractivity contribution in [3.05, 3.63) is 46.5 Å². The fourth-order valence-electron chi connectivity index (χ4n) is 1.61. The van der Waals surface area contributed by atoms with E-state index in [1.807, 2.05) is 6.07 Å². The molecule has 0 aliphatic carbocycles. The van der Waals surface area contributed by atoms with Crippen molar-refractivity contribution < 1.29 is 4.42 Å². The fourth-order valence-corrected chi connectivity index (χ4v) is 2.36. The van der Waals surface area contributed by atoms with Crippen LogP contribution in [0.25, 0.3) is 0 Å². The first kappa shape index (κ1) is 10.5. The van der Waals surface area contributed by atoms with Gasteiger partial charge in [-0.1, -0.05) is 6.07 Å². The molecule has 2 aromatic heterocycles. The summed E-state index contributed by atoms with van der Waals surface area (Å²) in [4.78, 5) is 1.37. The van der Waals surface area contributed by atoms with Crippen molar-refractivity contribution in [3.63, 3.8) is 0 Å². The molecule has 2 nitrogen and oxygen atoms in total. The second-order valence-corrected chi connectivity index (χ2v) is 4.66. The predicted molar refractivity (Wildman–Crippen MR) is 63.0 cm³/mol. The average Bonchev–Trinajstić information content (AvgIpc) is 2.91. The van der Waals surface area contributed by atoms with Crippen molar-refractivity contribution >= 4 is 11.3 Å². The van der Waals surface area contributed by atoms with Gasteiger partial charge in [-0.05, 0) is 31.4 Å². The van der Waals surface area contributed by atoms with Crippen LogP contribution in [0.4, 0.5) is 0 Å². The van der Waals surface area contributed by atoms with E-state index in [0.29, 0.717) is 12.1 Å². The molecule has 2 atom stereocenters. The quantitative estimate of drug-likeness (QED) is 0.850. The van der Waals surface area contributed by atoms with Crippen LogP contribution in [0.1, 0.15) is 36.4 Å². The molecule has 0 saturated carbocycles. The molecule has 0 aromatic carbocycles. The van der Waals surface area contributed by atoms with Gasteiger partial charge in [-0.2, -0.15) is 0 Å². The maximum absolute atomic E-state index is 5.07. The molecule has 2 rings (SSSR count). The lowest BCUT2D eigenvalue weighted by atomic mass is 10.1. The van der Waals surface area contributed by atoms with Crippen molar-refractivity contribution in [1.29, 1.82) is 0 Å². The van der Waals surface area contributed by atoms with Crippen LogP contribution >= 0.6 is 11.3 Å². The largest absolute Gasteiger partial charge is 0.472 e. The minimum Gasteiger partial charge on any atom is -0.472 e. The normalized spacial score (nSPS) is 15.1. The first-order valence-corrected chi connectivity index (χ1v) is 5.97. The lowest BCUT2D eigenvalue weighted by Crippen LogP contribution is -2.21. The van der Waals surface area contributed by atoms with Crippen molar-refractivity contribution in [2.75, 3.05) is 0 Å². The van der Waals surface area contributed by atoms with Gasteiger partial charge < -0.3 is 9.73 Å². The number of hydrogen-bond donors (Lipinski definition) is 1. The Labute approximate surface area is 93.9 Å². The Morgan fingerprint density at radius 3 is 2.73 bits per heavy atom. The Morgan fingerprint density at radius 2 is 2.13 bits per heavy atom. The monoisotopic (exact) mass is 221 g/mol. The van der Waals surface area contributed by atoms with Gasteiger partial charge in [-0.3, -0.25) is 0 Å². The van der Waals surface area contributed by atoms with Crippen LogP contribution in [0.15, 0.2) is 40.5 Å². The molecule has 2 heterocycles. The lowest BCUT2D eigenvalue weighted by molar-refractivity contribution is 0.491. The van der Waals surface area contributed by atoms with Gasteiger partial charge >= 0.3 is 0 Å². The van der Waals surface area contributed by atoms with Crippen molar-refractivity contribution in [2.24, 2.45) is 0 Å². The first-order valence-electron chi connectivity index (χ1n) is 5.09. The van der Waals surface area contributed by atoms with Gasteiger partial charge in [0.25, 0.3) is 0 Å². The van der Waals surface area contributed by atoms with Gasteiger partial charge in [0.2, 0.25) is 0 Å². The number of furan rings is 1. The van der Waals surface area contributed by atoms with Crippen LogP contribution < -0.4 is 5.32 Å². The topological polar surface area (TPSA) is 25.2 Å². The molecule has 1 N–H and O–H groups in total. The number of thiophene rings is 1. The minimum absolute atomic E-state index is 0.320. The Morgan fingerprint density at radius 1 is 1.27 bits per heavy atom. The molecule has 0 radical (unpaired) electrons. The summed E-state index contributed by atoms with van der Waals surface area (Å²) in [5.74, 6) is 0. The summed E-state index contributed by atoms with van der Waals surface area (Å²) in [6, 6.07) is 6.94. The van der Waals surface area contributed by atoms with Crippen LogP contribution in [-0.2, 0) is 0 Å². The van der Waals surface area contributed by atoms with Crippen LogP contribution in [0, 0.1) is 0 Å². The second-order valence-electron chi connectivity index (χ2n) is 3.68. The van der Waals surface area contributed by atoms with E-state index in [2.05, 4.69) is 36.7 Å². The first-order chi connectivity index (χ1) is 7.27. The highest BCUT2D eigenvalue weighted by atomic mass is 32.1. The summed E-state index contributed by atoms with van der Waals surface area (Å²) in [7, 11) is 0. The number of nitrogens with one attached hydrogen (secondary N) is 1. The second kappa shape index (κ2) is 4.64. The lowest BCUT2D eigenvalue weighted by Gasteiger charge is -2.17. The molecule has 2 aromatic rings. The third kappa shape index (κ3) is 2.49. The summed E-state index contributed by atoms with van der Waals surface area (Å²) < 4.78 is 5.07. The molecule has 80 valence electrons. The van der Waals surface area contributed by atoms with Crippen LogP contribution in [0.5, 0.6) is 0 Å². The third-order valence-corrected chi connectivity index (χ3v) is 3.57. The highest BCUT2D eigenvalue weighted by molar-refractivity contribution is 7.10. The van der Waals surface area contributed by atoms with Gasteiger partial charge in [0.15, 0.2) is 0 Å². The molecule has 3 heteroatoms. The Hall–Kier alpha value is -1.06. The summed E-state index contributed by atoms with van der Waals surface area (Å²) >= 11 is 1.78. The Kier molecular flexibility index (Phi) is 3.23. The number of hydrogen-bond acceptors (Lipinski definition) is 3. The molecule has 1 unspecified atom stereocenters. The third-order valence-electron chi connectivity index (χ3n) is 2.51. The van der Waals surface area contributed by atoms with Crippen molar-refractivity contribution in [1.82, 2.24) is 5.32 Å². The zero-order chi connectivity index (χ0) is 10.7.